The number of hydrogen-bond donors (Lipinski definition) is 0. The topological polar surface area (TPSA) is 27.0 Å². The van der Waals surface area contributed by atoms with Crippen molar-refractivity contribution in [3.63, 3.8) is 0 Å². The zero-order chi connectivity index (χ0) is 13.8. The molecule has 0 aliphatic heterocycles. The highest BCUT2D eigenvalue weighted by Gasteiger charge is 2.20. The van der Waals surface area contributed by atoms with E-state index < -0.39 is 0 Å². The van der Waals surface area contributed by atoms with Crippen LogP contribution in [-0.2, 0) is 0 Å². The third-order valence-corrected chi connectivity index (χ3v) is 4.61. The van der Waals surface area contributed by atoms with Crippen LogP contribution in [0.2, 0.25) is 0 Å². The van der Waals surface area contributed by atoms with Gasteiger partial charge in [-0.1, -0.05) is 25.2 Å². The molecule has 0 amide bonds. The molecule has 0 radical (unpaired) electrons. The summed E-state index contributed by atoms with van der Waals surface area (Å²) in [5.74, 6) is 6.99. The van der Waals surface area contributed by atoms with Crippen LogP contribution in [0.1, 0.15) is 60.0 Å². The van der Waals surface area contributed by atoms with Crippen molar-refractivity contribution in [2.45, 2.75) is 44.9 Å². The minimum Gasteiger partial charge on any atom is -1.00 e. The van der Waals surface area contributed by atoms with Crippen LogP contribution < -0.4 is 17.4 Å². The fourth-order valence-electron chi connectivity index (χ4n) is 2.74. The van der Waals surface area contributed by atoms with E-state index in [1.54, 1.807) is 11.3 Å². The molecule has 2 aromatic heterocycles. The zero-order valence-corrected chi connectivity index (χ0v) is 13.7. The maximum absolute atomic E-state index is 4.35. The molecule has 3 rings (SSSR count). The number of nitrogens with one attached hydrogen (secondary N) is 1. The molecule has 4 heteroatoms. The molecule has 110 valence electrons. The average molecular weight is 319 g/mol. The first kappa shape index (κ1) is 16.0. The van der Waals surface area contributed by atoms with Gasteiger partial charge in [0.2, 0.25) is 0 Å². The molecule has 0 bridgehead atoms. The van der Waals surface area contributed by atoms with E-state index in [1.165, 1.54) is 37.8 Å². The normalized spacial score (nSPS) is 14.9. The van der Waals surface area contributed by atoms with E-state index in [2.05, 4.69) is 33.9 Å². The van der Waals surface area contributed by atoms with Crippen LogP contribution >= 0.6 is 11.3 Å². The number of thiazole rings is 1. The highest BCUT2D eigenvalue weighted by Crippen LogP contribution is 2.30. The first-order valence-electron chi connectivity index (χ1n) is 7.27. The quantitative estimate of drug-likeness (QED) is 0.712. The standard InChI is InChI=1S/C17H18N2S.ClH/c1-13-19-16(12-20-13)9-7-14-8-10-17(18-11-14)15-5-3-2-4-6-15;/h8,10-12,15H,2-6H2,1H3;1H. The third kappa shape index (κ3) is 4.30. The molecule has 0 unspecified atom stereocenters. The Morgan fingerprint density at radius 3 is 2.62 bits per heavy atom. The summed E-state index contributed by atoms with van der Waals surface area (Å²) in [6.45, 7) is 2.00. The molecular formula is C17H19ClN2S. The average Bonchev–Trinajstić information content (AvgIpc) is 2.92. The molecule has 1 fully saturated rings. The molecule has 1 aliphatic rings. The van der Waals surface area contributed by atoms with E-state index in [0.29, 0.717) is 5.92 Å². The van der Waals surface area contributed by atoms with Gasteiger partial charge >= 0.3 is 0 Å². The summed E-state index contributed by atoms with van der Waals surface area (Å²) < 4.78 is 0. The van der Waals surface area contributed by atoms with Crippen LogP contribution in [-0.4, -0.2) is 4.98 Å². The fraction of sp³-hybridized carbons (Fsp3) is 0.412. The number of aromatic nitrogens is 2. The summed E-state index contributed by atoms with van der Waals surface area (Å²) in [6.07, 6.45) is 8.79. The molecule has 1 aliphatic carbocycles. The summed E-state index contributed by atoms with van der Waals surface area (Å²) in [5.41, 5.74) is 3.25. The number of aromatic amines is 1. The van der Waals surface area contributed by atoms with Gasteiger partial charge in [0.25, 0.3) is 0 Å². The van der Waals surface area contributed by atoms with Crippen LogP contribution in [0, 0.1) is 18.8 Å². The van der Waals surface area contributed by atoms with Gasteiger partial charge in [0, 0.05) is 17.4 Å². The minimum atomic E-state index is 0. The minimum absolute atomic E-state index is 0. The molecular weight excluding hydrogens is 300 g/mol. The Morgan fingerprint density at radius 1 is 1.19 bits per heavy atom. The second-order valence-corrected chi connectivity index (χ2v) is 6.43. The van der Waals surface area contributed by atoms with Crippen molar-refractivity contribution < 1.29 is 17.4 Å². The lowest BCUT2D eigenvalue weighted by atomic mass is 9.86. The van der Waals surface area contributed by atoms with Crippen molar-refractivity contribution in [1.82, 2.24) is 4.98 Å². The SMILES string of the molecule is Cc1nc(C#Cc2ccc(C3CCCCC3)[nH+]c2)cs1.[Cl-]. The maximum Gasteiger partial charge on any atom is 0.183 e. The lowest BCUT2D eigenvalue weighted by molar-refractivity contribution is -0.393. The van der Waals surface area contributed by atoms with Crippen LogP contribution in [0.25, 0.3) is 0 Å². The zero-order valence-electron chi connectivity index (χ0n) is 12.2. The predicted molar refractivity (Wildman–Crippen MR) is 81.7 cm³/mol. The number of rotatable bonds is 1. The lowest BCUT2D eigenvalue weighted by Gasteiger charge is -2.17. The van der Waals surface area contributed by atoms with Crippen molar-refractivity contribution >= 4 is 11.3 Å². The van der Waals surface area contributed by atoms with Crippen molar-refractivity contribution in [3.8, 4) is 11.8 Å². The van der Waals surface area contributed by atoms with Gasteiger partial charge in [-0.3, -0.25) is 0 Å². The number of H-pyrrole nitrogens is 1. The Bertz CT molecular complexity index is 631. The van der Waals surface area contributed by atoms with E-state index in [9.17, 15) is 0 Å². The highest BCUT2D eigenvalue weighted by molar-refractivity contribution is 7.09. The Morgan fingerprint density at radius 2 is 2.00 bits per heavy atom. The number of pyridine rings is 1. The molecule has 21 heavy (non-hydrogen) atoms. The van der Waals surface area contributed by atoms with E-state index in [4.69, 9.17) is 0 Å². The van der Waals surface area contributed by atoms with Crippen molar-refractivity contribution in [2.75, 3.05) is 0 Å². The Kier molecular flexibility index (Phi) is 5.78. The Balaban J connectivity index is 0.00000161. The van der Waals surface area contributed by atoms with E-state index in [0.717, 1.165) is 16.3 Å². The fourth-order valence-corrected chi connectivity index (χ4v) is 3.28. The number of nitrogens with zero attached hydrogens (tertiary/aromatic N) is 1. The highest BCUT2D eigenvalue weighted by atomic mass is 35.5. The first-order valence-corrected chi connectivity index (χ1v) is 8.15. The summed E-state index contributed by atoms with van der Waals surface area (Å²) in [5, 5.41) is 3.07. The molecule has 0 atom stereocenters. The molecule has 0 spiro atoms. The van der Waals surface area contributed by atoms with Gasteiger partial charge < -0.3 is 12.4 Å². The van der Waals surface area contributed by atoms with Gasteiger partial charge in [0.1, 0.15) is 5.69 Å². The second-order valence-electron chi connectivity index (χ2n) is 5.37. The number of hydrogen-bond acceptors (Lipinski definition) is 2. The van der Waals surface area contributed by atoms with Crippen LogP contribution in [0.5, 0.6) is 0 Å². The van der Waals surface area contributed by atoms with Crippen molar-refractivity contribution in [2.24, 2.45) is 0 Å². The molecule has 0 aromatic carbocycles. The molecule has 2 heterocycles. The van der Waals surface area contributed by atoms with E-state index in [1.807, 2.05) is 18.5 Å². The van der Waals surface area contributed by atoms with Gasteiger partial charge in [-0.25, -0.2) is 9.97 Å². The van der Waals surface area contributed by atoms with Crippen molar-refractivity contribution in [1.29, 1.82) is 0 Å². The second kappa shape index (κ2) is 7.59. The van der Waals surface area contributed by atoms with Crippen LogP contribution in [0.3, 0.4) is 0 Å². The monoisotopic (exact) mass is 318 g/mol. The number of halogens is 1. The maximum atomic E-state index is 4.35. The molecule has 1 saturated carbocycles. The first-order chi connectivity index (χ1) is 9.81. The third-order valence-electron chi connectivity index (χ3n) is 3.84. The number of aryl methyl sites for hydroxylation is 1. The van der Waals surface area contributed by atoms with Gasteiger partial charge in [-0.05, 0) is 31.8 Å². The van der Waals surface area contributed by atoms with Gasteiger partial charge in [-0.2, -0.15) is 0 Å². The lowest BCUT2D eigenvalue weighted by Crippen LogP contribution is -3.00. The summed E-state index contributed by atoms with van der Waals surface area (Å²) in [6, 6.07) is 4.32. The Labute approximate surface area is 136 Å². The van der Waals surface area contributed by atoms with E-state index >= 15 is 0 Å². The van der Waals surface area contributed by atoms with Crippen LogP contribution in [0.4, 0.5) is 0 Å². The summed E-state index contributed by atoms with van der Waals surface area (Å²) in [7, 11) is 0. The smallest absolute Gasteiger partial charge is 0.183 e. The molecule has 0 saturated heterocycles. The van der Waals surface area contributed by atoms with Gasteiger partial charge in [0.05, 0.1) is 10.6 Å². The van der Waals surface area contributed by atoms with Crippen LogP contribution in [0.15, 0.2) is 23.7 Å². The van der Waals surface area contributed by atoms with Gasteiger partial charge in [0.15, 0.2) is 11.9 Å². The summed E-state index contributed by atoms with van der Waals surface area (Å²) in [4.78, 5) is 7.78. The molecule has 1 N–H and O–H groups in total. The predicted octanol–water partition coefficient (Wildman–Crippen LogP) is 0.717. The largest absolute Gasteiger partial charge is 1.00 e. The molecule has 2 aromatic rings. The Hall–Kier alpha value is -1.37. The molecule has 2 nitrogen and oxygen atoms in total. The van der Waals surface area contributed by atoms with Gasteiger partial charge in [-0.15, -0.1) is 11.3 Å². The van der Waals surface area contributed by atoms with Crippen molar-refractivity contribution in [3.05, 3.63) is 45.7 Å². The van der Waals surface area contributed by atoms with E-state index in [-0.39, 0.29) is 12.4 Å². The summed E-state index contributed by atoms with van der Waals surface area (Å²) >= 11 is 1.64.